The topological polar surface area (TPSA) is 53.1 Å². The number of nitrogens with zero attached hydrogens (tertiary/aromatic N) is 2. The van der Waals surface area contributed by atoms with Crippen molar-refractivity contribution < 1.29 is 4.74 Å². The molecule has 21 heavy (non-hydrogen) atoms. The summed E-state index contributed by atoms with van der Waals surface area (Å²) in [4.78, 5) is 4.45. The average Bonchev–Trinajstić information content (AvgIpc) is 2.84. The minimum Gasteiger partial charge on any atom is -0.494 e. The number of nitrogens with two attached hydrogens (primary N) is 1. The molecule has 0 aliphatic heterocycles. The van der Waals surface area contributed by atoms with Crippen molar-refractivity contribution in [1.82, 2.24) is 9.55 Å². The molecule has 2 aromatic carbocycles. The molecule has 3 rings (SSSR count). The lowest BCUT2D eigenvalue weighted by atomic mass is 10.1. The van der Waals surface area contributed by atoms with E-state index in [0.29, 0.717) is 5.95 Å². The Labute approximate surface area is 124 Å². The molecule has 0 aliphatic rings. The van der Waals surface area contributed by atoms with Gasteiger partial charge in [0.15, 0.2) is 0 Å². The summed E-state index contributed by atoms with van der Waals surface area (Å²) in [6.45, 7) is 2.89. The van der Waals surface area contributed by atoms with Crippen molar-refractivity contribution in [2.24, 2.45) is 0 Å². The van der Waals surface area contributed by atoms with Gasteiger partial charge < -0.3 is 15.0 Å². The Morgan fingerprint density at radius 2 is 1.86 bits per heavy atom. The zero-order valence-electron chi connectivity index (χ0n) is 12.3. The molecule has 0 bridgehead atoms. The smallest absolute Gasteiger partial charge is 0.201 e. The van der Waals surface area contributed by atoms with Gasteiger partial charge in [0.2, 0.25) is 5.95 Å². The van der Waals surface area contributed by atoms with E-state index < -0.39 is 0 Å². The van der Waals surface area contributed by atoms with E-state index >= 15 is 0 Å². The Balaban J connectivity index is 2.11. The maximum absolute atomic E-state index is 6.11. The van der Waals surface area contributed by atoms with Crippen LogP contribution >= 0.6 is 0 Å². The Morgan fingerprint density at radius 3 is 2.57 bits per heavy atom. The van der Waals surface area contributed by atoms with Gasteiger partial charge in [0.1, 0.15) is 11.3 Å². The third-order valence-corrected chi connectivity index (χ3v) is 3.82. The molecule has 0 amide bonds. The molecule has 1 aromatic heterocycles. The number of imidazole rings is 1. The van der Waals surface area contributed by atoms with Gasteiger partial charge in [0.05, 0.1) is 19.2 Å². The van der Waals surface area contributed by atoms with Crippen molar-refractivity contribution in [3.63, 3.8) is 0 Å². The Morgan fingerprint density at radius 1 is 1.10 bits per heavy atom. The van der Waals surface area contributed by atoms with E-state index in [1.807, 2.05) is 22.8 Å². The van der Waals surface area contributed by atoms with Gasteiger partial charge in [-0.1, -0.05) is 37.3 Å². The molecule has 0 unspecified atom stereocenters. The Bertz CT molecular complexity index is 777. The average molecular weight is 281 g/mol. The summed E-state index contributed by atoms with van der Waals surface area (Å²) in [6, 6.07) is 14.3. The molecule has 0 saturated carbocycles. The molecule has 0 spiro atoms. The van der Waals surface area contributed by atoms with Crippen LogP contribution in [-0.2, 0) is 13.0 Å². The quantitative estimate of drug-likeness (QED) is 0.798. The molecule has 108 valence electrons. The maximum atomic E-state index is 6.11. The Hall–Kier alpha value is -2.49. The van der Waals surface area contributed by atoms with Crippen LogP contribution in [0.5, 0.6) is 5.75 Å². The molecular formula is C17H19N3O. The largest absolute Gasteiger partial charge is 0.494 e. The number of anilines is 1. The Kier molecular flexibility index (Phi) is 3.52. The second kappa shape index (κ2) is 5.48. The summed E-state index contributed by atoms with van der Waals surface area (Å²) in [5, 5.41) is 0. The van der Waals surface area contributed by atoms with Gasteiger partial charge in [-0.2, -0.15) is 0 Å². The summed E-state index contributed by atoms with van der Waals surface area (Å²) in [5.74, 6) is 1.27. The molecule has 0 fully saturated rings. The van der Waals surface area contributed by atoms with Crippen LogP contribution < -0.4 is 10.5 Å². The maximum Gasteiger partial charge on any atom is 0.201 e. The number of nitrogen functional groups attached to an aromatic ring is 1. The highest BCUT2D eigenvalue weighted by molar-refractivity contribution is 5.84. The third-order valence-electron chi connectivity index (χ3n) is 3.82. The SMILES string of the molecule is CCc1ccccc1Cn1c(N)nc2c(OC)cccc21. The number of aryl methyl sites for hydroxylation is 1. The van der Waals surface area contributed by atoms with Crippen LogP contribution in [0.1, 0.15) is 18.1 Å². The first-order valence-corrected chi connectivity index (χ1v) is 7.10. The first kappa shape index (κ1) is 13.5. The standard InChI is InChI=1S/C17H19N3O/c1-3-12-7-4-5-8-13(12)11-20-14-9-6-10-15(21-2)16(14)19-17(20)18/h4-10H,3,11H2,1-2H3,(H2,18,19). The minimum absolute atomic E-state index is 0.514. The van der Waals surface area contributed by atoms with Crippen LogP contribution in [0, 0.1) is 0 Å². The van der Waals surface area contributed by atoms with Crippen molar-refractivity contribution in [2.75, 3.05) is 12.8 Å². The number of hydrogen-bond donors (Lipinski definition) is 1. The zero-order chi connectivity index (χ0) is 14.8. The number of fused-ring (bicyclic) bond motifs is 1. The van der Waals surface area contributed by atoms with Crippen LogP contribution in [0.15, 0.2) is 42.5 Å². The molecule has 1 heterocycles. The highest BCUT2D eigenvalue weighted by atomic mass is 16.5. The summed E-state index contributed by atoms with van der Waals surface area (Å²) in [5.41, 5.74) is 10.5. The minimum atomic E-state index is 0.514. The van der Waals surface area contributed by atoms with Crippen LogP contribution in [0.2, 0.25) is 0 Å². The number of rotatable bonds is 4. The number of ether oxygens (including phenoxy) is 1. The summed E-state index contributed by atoms with van der Waals surface area (Å²) >= 11 is 0. The second-order valence-corrected chi connectivity index (χ2v) is 5.01. The van der Waals surface area contributed by atoms with Gasteiger partial charge in [-0.15, -0.1) is 0 Å². The fourth-order valence-electron chi connectivity index (χ4n) is 2.70. The lowest BCUT2D eigenvalue weighted by molar-refractivity contribution is 0.419. The number of para-hydroxylation sites is 1. The number of aromatic nitrogens is 2. The first-order valence-electron chi connectivity index (χ1n) is 7.10. The summed E-state index contributed by atoms with van der Waals surface area (Å²) in [7, 11) is 1.65. The molecule has 3 aromatic rings. The lowest BCUT2D eigenvalue weighted by Gasteiger charge is -2.11. The van der Waals surface area contributed by atoms with E-state index in [1.165, 1.54) is 11.1 Å². The molecule has 2 N–H and O–H groups in total. The van der Waals surface area contributed by atoms with Gasteiger partial charge in [-0.25, -0.2) is 4.98 Å². The van der Waals surface area contributed by atoms with Gasteiger partial charge in [-0.05, 0) is 29.7 Å². The molecule has 0 aliphatic carbocycles. The van der Waals surface area contributed by atoms with E-state index in [2.05, 4.69) is 36.2 Å². The lowest BCUT2D eigenvalue weighted by Crippen LogP contribution is -2.06. The van der Waals surface area contributed by atoms with Crippen molar-refractivity contribution in [2.45, 2.75) is 19.9 Å². The second-order valence-electron chi connectivity index (χ2n) is 5.01. The normalized spacial score (nSPS) is 11.0. The third kappa shape index (κ3) is 2.33. The van der Waals surface area contributed by atoms with E-state index in [0.717, 1.165) is 29.7 Å². The molecule has 0 atom stereocenters. The van der Waals surface area contributed by atoms with Gasteiger partial charge in [-0.3, -0.25) is 0 Å². The van der Waals surface area contributed by atoms with Gasteiger partial charge in [0, 0.05) is 0 Å². The van der Waals surface area contributed by atoms with Crippen LogP contribution in [0.3, 0.4) is 0 Å². The fraction of sp³-hybridized carbons (Fsp3) is 0.235. The highest BCUT2D eigenvalue weighted by Gasteiger charge is 2.13. The molecule has 0 radical (unpaired) electrons. The zero-order valence-corrected chi connectivity index (χ0v) is 12.3. The highest BCUT2D eigenvalue weighted by Crippen LogP contribution is 2.27. The van der Waals surface area contributed by atoms with E-state index in [4.69, 9.17) is 10.5 Å². The molecule has 0 saturated heterocycles. The summed E-state index contributed by atoms with van der Waals surface area (Å²) in [6.07, 6.45) is 1.01. The van der Waals surface area contributed by atoms with E-state index in [1.54, 1.807) is 7.11 Å². The molecule has 4 nitrogen and oxygen atoms in total. The van der Waals surface area contributed by atoms with Crippen molar-refractivity contribution in [3.05, 3.63) is 53.6 Å². The predicted octanol–water partition coefficient (Wildman–Crippen LogP) is 3.24. The van der Waals surface area contributed by atoms with Crippen LogP contribution in [0.25, 0.3) is 11.0 Å². The van der Waals surface area contributed by atoms with Crippen LogP contribution in [-0.4, -0.2) is 16.7 Å². The van der Waals surface area contributed by atoms with Crippen molar-refractivity contribution in [3.8, 4) is 5.75 Å². The monoisotopic (exact) mass is 281 g/mol. The van der Waals surface area contributed by atoms with Crippen LogP contribution in [0.4, 0.5) is 5.95 Å². The number of benzene rings is 2. The summed E-state index contributed by atoms with van der Waals surface area (Å²) < 4.78 is 7.39. The first-order chi connectivity index (χ1) is 10.2. The number of hydrogen-bond acceptors (Lipinski definition) is 3. The van der Waals surface area contributed by atoms with Crippen molar-refractivity contribution in [1.29, 1.82) is 0 Å². The van der Waals surface area contributed by atoms with Gasteiger partial charge >= 0.3 is 0 Å². The van der Waals surface area contributed by atoms with Crippen molar-refractivity contribution >= 4 is 17.0 Å². The number of methoxy groups -OCH3 is 1. The van der Waals surface area contributed by atoms with Gasteiger partial charge in [0.25, 0.3) is 0 Å². The fourth-order valence-corrected chi connectivity index (χ4v) is 2.70. The van der Waals surface area contributed by atoms with E-state index in [-0.39, 0.29) is 0 Å². The van der Waals surface area contributed by atoms with E-state index in [9.17, 15) is 0 Å². The predicted molar refractivity (Wildman–Crippen MR) is 85.6 cm³/mol. The molecular weight excluding hydrogens is 262 g/mol. The molecule has 4 heteroatoms.